The number of ether oxygens (including phenoxy) is 3. The number of benzene rings is 2. The van der Waals surface area contributed by atoms with E-state index in [4.69, 9.17) is 14.2 Å². The molecular formula is C26H30N4O5S. The fourth-order valence-electron chi connectivity index (χ4n) is 4.10. The lowest BCUT2D eigenvalue weighted by atomic mass is 9.91. The van der Waals surface area contributed by atoms with E-state index in [1.54, 1.807) is 26.5 Å². The number of hydrogen-bond acceptors (Lipinski definition) is 9. The highest BCUT2D eigenvalue weighted by atomic mass is 32.2. The predicted molar refractivity (Wildman–Crippen MR) is 139 cm³/mol. The van der Waals surface area contributed by atoms with Gasteiger partial charge in [-0.1, -0.05) is 17.8 Å². The molecule has 0 aliphatic heterocycles. The standard InChI is InChI=1S/C26H30N4O5S/c1-15-11-17(13-20(23(15)33-4)25(31)35-6)19(9-8-10-22-27-29-30(3)28-22)18-12-16(2)24(34-5)21(14-18)26(32)36-7/h9,11-14H,8,10H2,1-7H3/b19-9+. The van der Waals surface area contributed by atoms with Gasteiger partial charge in [-0.2, -0.15) is 4.80 Å². The Labute approximate surface area is 214 Å². The molecule has 1 aromatic heterocycles. The van der Waals surface area contributed by atoms with Crippen molar-refractivity contribution in [1.82, 2.24) is 20.2 Å². The van der Waals surface area contributed by atoms with E-state index < -0.39 is 5.97 Å². The largest absolute Gasteiger partial charge is 0.496 e. The van der Waals surface area contributed by atoms with Crippen LogP contribution in [0, 0.1) is 13.8 Å². The van der Waals surface area contributed by atoms with Crippen LogP contribution in [0.2, 0.25) is 0 Å². The second-order valence-electron chi connectivity index (χ2n) is 8.08. The normalized spacial score (nSPS) is 11.4. The Kier molecular flexibility index (Phi) is 8.87. The Hall–Kier alpha value is -3.66. The topological polar surface area (TPSA) is 105 Å². The molecule has 10 heteroatoms. The highest BCUT2D eigenvalue weighted by Gasteiger charge is 2.21. The fourth-order valence-corrected chi connectivity index (χ4v) is 4.47. The third kappa shape index (κ3) is 5.76. The van der Waals surface area contributed by atoms with Crippen LogP contribution in [0.3, 0.4) is 0 Å². The minimum atomic E-state index is -0.496. The maximum atomic E-state index is 12.7. The van der Waals surface area contributed by atoms with E-state index in [1.165, 1.54) is 19.0 Å². The number of tetrazole rings is 1. The Balaban J connectivity index is 2.21. The van der Waals surface area contributed by atoms with E-state index in [2.05, 4.69) is 15.4 Å². The van der Waals surface area contributed by atoms with Gasteiger partial charge in [0.25, 0.3) is 0 Å². The third-order valence-corrected chi connectivity index (χ3v) is 6.25. The van der Waals surface area contributed by atoms with E-state index >= 15 is 0 Å². The quantitative estimate of drug-likeness (QED) is 0.392. The van der Waals surface area contributed by atoms with E-state index in [-0.39, 0.29) is 5.12 Å². The van der Waals surface area contributed by atoms with E-state index in [0.29, 0.717) is 41.3 Å². The van der Waals surface area contributed by atoms with Crippen molar-refractivity contribution >= 4 is 28.4 Å². The molecule has 0 aliphatic rings. The first-order valence-corrected chi connectivity index (χ1v) is 12.4. The van der Waals surface area contributed by atoms with Gasteiger partial charge in [-0.25, -0.2) is 4.79 Å². The van der Waals surface area contributed by atoms with E-state index in [1.807, 2.05) is 38.1 Å². The van der Waals surface area contributed by atoms with Crippen LogP contribution < -0.4 is 9.47 Å². The SMILES string of the molecule is COC(=O)c1cc(/C(=C\CCc2nnn(C)n2)c2cc(C)c(OC)c(C(=O)SC)c2)cc(C)c1OC. The first kappa shape index (κ1) is 26.9. The van der Waals surface area contributed by atoms with Gasteiger partial charge >= 0.3 is 5.97 Å². The summed E-state index contributed by atoms with van der Waals surface area (Å²) in [5.74, 6) is 1.13. The summed E-state index contributed by atoms with van der Waals surface area (Å²) < 4.78 is 16.0. The number of esters is 1. The van der Waals surface area contributed by atoms with Gasteiger partial charge in [0, 0.05) is 6.42 Å². The number of carbonyl (C=O) groups is 2. The molecule has 0 saturated heterocycles. The van der Waals surface area contributed by atoms with Crippen LogP contribution >= 0.6 is 11.8 Å². The number of nitrogens with zero attached hydrogens (tertiary/aromatic N) is 4. The third-order valence-electron chi connectivity index (χ3n) is 5.66. The van der Waals surface area contributed by atoms with Crippen molar-refractivity contribution in [2.75, 3.05) is 27.6 Å². The molecule has 0 amide bonds. The number of hydrogen-bond donors (Lipinski definition) is 0. The van der Waals surface area contributed by atoms with Gasteiger partial charge in [0.1, 0.15) is 17.1 Å². The van der Waals surface area contributed by atoms with Crippen molar-refractivity contribution in [2.45, 2.75) is 26.7 Å². The van der Waals surface area contributed by atoms with Crippen LogP contribution in [0.4, 0.5) is 0 Å². The molecule has 0 radical (unpaired) electrons. The summed E-state index contributed by atoms with van der Waals surface area (Å²) in [7, 11) is 6.13. The van der Waals surface area contributed by atoms with Crippen molar-refractivity contribution < 1.29 is 23.8 Å². The minimum Gasteiger partial charge on any atom is -0.496 e. The van der Waals surface area contributed by atoms with Gasteiger partial charge in [0.05, 0.1) is 33.9 Å². The predicted octanol–water partition coefficient (Wildman–Crippen LogP) is 4.20. The average molecular weight is 511 g/mol. The molecule has 0 fully saturated rings. The summed E-state index contributed by atoms with van der Waals surface area (Å²) in [5.41, 5.74) is 4.86. The highest BCUT2D eigenvalue weighted by molar-refractivity contribution is 8.13. The maximum absolute atomic E-state index is 12.7. The molecule has 0 bridgehead atoms. The number of allylic oxidation sites excluding steroid dienone is 1. The Morgan fingerprint density at radius 3 is 2.06 bits per heavy atom. The molecule has 0 atom stereocenters. The first-order chi connectivity index (χ1) is 17.2. The summed E-state index contributed by atoms with van der Waals surface area (Å²) in [4.78, 5) is 26.7. The molecule has 36 heavy (non-hydrogen) atoms. The van der Waals surface area contributed by atoms with Gasteiger partial charge < -0.3 is 14.2 Å². The zero-order chi connectivity index (χ0) is 26.4. The van der Waals surface area contributed by atoms with E-state index in [0.717, 1.165) is 39.6 Å². The highest BCUT2D eigenvalue weighted by Crippen LogP contribution is 2.36. The number of carbonyl (C=O) groups excluding carboxylic acids is 2. The summed E-state index contributed by atoms with van der Waals surface area (Å²) in [5, 5.41) is 12.1. The smallest absolute Gasteiger partial charge is 0.341 e. The van der Waals surface area contributed by atoms with Crippen LogP contribution in [0.1, 0.15) is 55.2 Å². The second kappa shape index (κ2) is 11.9. The number of methoxy groups -OCH3 is 3. The number of aryl methyl sites for hydroxylation is 4. The zero-order valence-electron chi connectivity index (χ0n) is 21.5. The average Bonchev–Trinajstić information content (AvgIpc) is 3.29. The van der Waals surface area contributed by atoms with Crippen LogP contribution in [0.5, 0.6) is 11.5 Å². The second-order valence-corrected chi connectivity index (χ2v) is 8.86. The first-order valence-electron chi connectivity index (χ1n) is 11.2. The van der Waals surface area contributed by atoms with Crippen molar-refractivity contribution in [2.24, 2.45) is 7.05 Å². The lowest BCUT2D eigenvalue weighted by molar-refractivity contribution is 0.0596. The van der Waals surface area contributed by atoms with Gasteiger partial charge in [-0.3, -0.25) is 4.79 Å². The van der Waals surface area contributed by atoms with Crippen molar-refractivity contribution in [3.8, 4) is 11.5 Å². The van der Waals surface area contributed by atoms with E-state index in [9.17, 15) is 9.59 Å². The lowest BCUT2D eigenvalue weighted by Gasteiger charge is -2.18. The van der Waals surface area contributed by atoms with Crippen molar-refractivity contribution in [3.05, 3.63) is 69.5 Å². The molecular weight excluding hydrogens is 480 g/mol. The van der Waals surface area contributed by atoms with Crippen LogP contribution in [-0.2, 0) is 18.2 Å². The Morgan fingerprint density at radius 1 is 0.972 bits per heavy atom. The Bertz CT molecular complexity index is 1240. The maximum Gasteiger partial charge on any atom is 0.341 e. The molecule has 0 spiro atoms. The molecule has 0 N–H and O–H groups in total. The van der Waals surface area contributed by atoms with Crippen molar-refractivity contribution in [3.63, 3.8) is 0 Å². The number of aromatic nitrogens is 4. The zero-order valence-corrected chi connectivity index (χ0v) is 22.4. The number of thioether (sulfide) groups is 1. The van der Waals surface area contributed by atoms with Gasteiger partial charge in [0.15, 0.2) is 5.82 Å². The molecule has 0 unspecified atom stereocenters. The fraction of sp³-hybridized carbons (Fsp3) is 0.346. The molecule has 2 aromatic carbocycles. The number of rotatable bonds is 9. The van der Waals surface area contributed by atoms with Gasteiger partial charge in [-0.15, -0.1) is 10.2 Å². The summed E-state index contributed by atoms with van der Waals surface area (Å²) >= 11 is 1.12. The van der Waals surface area contributed by atoms with Crippen LogP contribution in [-0.4, -0.2) is 58.9 Å². The molecule has 0 aliphatic carbocycles. The van der Waals surface area contributed by atoms with Crippen LogP contribution in [0.15, 0.2) is 30.3 Å². The molecule has 1 heterocycles. The Morgan fingerprint density at radius 2 is 1.56 bits per heavy atom. The molecule has 0 saturated carbocycles. The molecule has 9 nitrogen and oxygen atoms in total. The van der Waals surface area contributed by atoms with Gasteiger partial charge in [0.2, 0.25) is 5.12 Å². The molecule has 3 rings (SSSR count). The summed E-state index contributed by atoms with van der Waals surface area (Å²) in [6.45, 7) is 3.78. The molecule has 190 valence electrons. The minimum absolute atomic E-state index is 0.0962. The monoisotopic (exact) mass is 510 g/mol. The van der Waals surface area contributed by atoms with Crippen LogP contribution in [0.25, 0.3) is 5.57 Å². The van der Waals surface area contributed by atoms with Crippen molar-refractivity contribution in [1.29, 1.82) is 0 Å². The summed E-state index contributed by atoms with van der Waals surface area (Å²) in [6, 6.07) is 7.50. The molecule has 3 aromatic rings. The lowest BCUT2D eigenvalue weighted by Crippen LogP contribution is -2.07. The summed E-state index contributed by atoms with van der Waals surface area (Å²) in [6.07, 6.45) is 4.97. The van der Waals surface area contributed by atoms with Gasteiger partial charge in [-0.05, 0) is 83.8 Å².